The number of aromatic carboxylic acids is 1. The molecule has 21 heavy (non-hydrogen) atoms. The molecular weight excluding hydrogens is 274 g/mol. The van der Waals surface area contributed by atoms with Gasteiger partial charge < -0.3 is 5.11 Å². The van der Waals surface area contributed by atoms with Crippen LogP contribution in [0.5, 0.6) is 0 Å². The summed E-state index contributed by atoms with van der Waals surface area (Å²) in [7, 11) is 1.71. The van der Waals surface area contributed by atoms with Crippen LogP contribution in [0.15, 0.2) is 18.3 Å². The number of nitrogens with zero attached hydrogens (tertiary/aromatic N) is 2. The van der Waals surface area contributed by atoms with Crippen LogP contribution in [-0.4, -0.2) is 32.7 Å². The van der Waals surface area contributed by atoms with E-state index in [0.717, 1.165) is 5.39 Å². The monoisotopic (exact) mass is 287 g/mol. The molecule has 1 aliphatic rings. The van der Waals surface area contributed by atoms with Gasteiger partial charge in [0.1, 0.15) is 0 Å². The number of benzene rings is 1. The average Bonchev–Trinajstić information content (AvgIpc) is 2.80. The summed E-state index contributed by atoms with van der Waals surface area (Å²) < 4.78 is 1.57. The number of piperidine rings is 1. The lowest BCUT2D eigenvalue weighted by Crippen LogP contribution is -2.39. The molecule has 1 fully saturated rings. The van der Waals surface area contributed by atoms with Gasteiger partial charge in [-0.1, -0.05) is 0 Å². The number of hydrogen-bond donors (Lipinski definition) is 2. The van der Waals surface area contributed by atoms with Crippen molar-refractivity contribution in [2.75, 3.05) is 0 Å². The summed E-state index contributed by atoms with van der Waals surface area (Å²) in [6.45, 7) is 0. The largest absolute Gasteiger partial charge is 0.478 e. The van der Waals surface area contributed by atoms with E-state index in [1.54, 1.807) is 17.9 Å². The Morgan fingerprint density at radius 2 is 2.19 bits per heavy atom. The Morgan fingerprint density at radius 1 is 1.43 bits per heavy atom. The number of nitrogens with one attached hydrogen (secondary N) is 1. The molecule has 1 aromatic carbocycles. The van der Waals surface area contributed by atoms with Gasteiger partial charge >= 0.3 is 5.97 Å². The van der Waals surface area contributed by atoms with E-state index in [-0.39, 0.29) is 23.8 Å². The molecule has 2 heterocycles. The predicted octanol–water partition coefficient (Wildman–Crippen LogP) is 0.792. The van der Waals surface area contributed by atoms with E-state index < -0.39 is 11.9 Å². The highest BCUT2D eigenvalue weighted by atomic mass is 16.4. The number of carbonyl (C=O) groups is 3. The fraction of sp³-hybridized carbons (Fsp3) is 0.286. The maximum Gasteiger partial charge on any atom is 0.335 e. The molecule has 0 bridgehead atoms. The number of carboxylic acid groups (broad SMARTS) is 1. The Labute approximate surface area is 119 Å². The quantitative estimate of drug-likeness (QED) is 0.795. The van der Waals surface area contributed by atoms with E-state index in [0.29, 0.717) is 17.5 Å². The van der Waals surface area contributed by atoms with Crippen LogP contribution in [0.3, 0.4) is 0 Å². The molecule has 1 aromatic heterocycles. The Balaban J connectivity index is 2.18. The number of fused-ring (bicyclic) bond motifs is 1. The third-order valence-electron chi connectivity index (χ3n) is 3.76. The van der Waals surface area contributed by atoms with Gasteiger partial charge in [-0.05, 0) is 24.1 Å². The number of imide groups is 1. The van der Waals surface area contributed by atoms with Crippen LogP contribution in [0.25, 0.3) is 10.9 Å². The smallest absolute Gasteiger partial charge is 0.335 e. The topological polar surface area (TPSA) is 101 Å². The lowest BCUT2D eigenvalue weighted by atomic mass is 9.87. The lowest BCUT2D eigenvalue weighted by molar-refractivity contribution is -0.134. The fourth-order valence-electron chi connectivity index (χ4n) is 2.68. The molecule has 2 amide bonds. The third-order valence-corrected chi connectivity index (χ3v) is 3.76. The number of carboxylic acids is 1. The van der Waals surface area contributed by atoms with Crippen LogP contribution < -0.4 is 5.32 Å². The molecule has 0 aliphatic carbocycles. The van der Waals surface area contributed by atoms with Gasteiger partial charge in [-0.2, -0.15) is 5.10 Å². The second-order valence-electron chi connectivity index (χ2n) is 5.08. The van der Waals surface area contributed by atoms with Crippen LogP contribution in [0.1, 0.15) is 34.7 Å². The van der Waals surface area contributed by atoms with E-state index in [2.05, 4.69) is 10.4 Å². The Morgan fingerprint density at radius 3 is 2.86 bits per heavy atom. The van der Waals surface area contributed by atoms with Gasteiger partial charge in [-0.3, -0.25) is 19.6 Å². The Kier molecular flexibility index (Phi) is 2.97. The van der Waals surface area contributed by atoms with E-state index in [1.165, 1.54) is 12.1 Å². The number of aromatic nitrogens is 2. The minimum Gasteiger partial charge on any atom is -0.478 e. The molecule has 0 saturated carbocycles. The van der Waals surface area contributed by atoms with Gasteiger partial charge in [-0.25, -0.2) is 4.79 Å². The summed E-state index contributed by atoms with van der Waals surface area (Å²) in [5.41, 5.74) is 1.35. The standard InChI is InChI=1S/C14H13N3O4/c1-17-11-5-7(14(20)21)4-9(10(11)6-15-17)8-2-3-12(18)16-13(8)19/h4-6,8H,2-3H2,1H3,(H,20,21)(H,16,18,19). The molecule has 2 aromatic rings. The fourth-order valence-corrected chi connectivity index (χ4v) is 2.68. The van der Waals surface area contributed by atoms with Gasteiger partial charge in [0.2, 0.25) is 11.8 Å². The highest BCUT2D eigenvalue weighted by molar-refractivity contribution is 6.04. The molecule has 1 saturated heterocycles. The summed E-state index contributed by atoms with van der Waals surface area (Å²) in [4.78, 5) is 34.5. The summed E-state index contributed by atoms with van der Waals surface area (Å²) in [6, 6.07) is 3.02. The van der Waals surface area contributed by atoms with E-state index in [9.17, 15) is 19.5 Å². The molecule has 7 nitrogen and oxygen atoms in total. The van der Waals surface area contributed by atoms with Crippen molar-refractivity contribution in [1.82, 2.24) is 15.1 Å². The maximum atomic E-state index is 12.0. The minimum absolute atomic E-state index is 0.103. The van der Waals surface area contributed by atoms with Gasteiger partial charge in [0.25, 0.3) is 0 Å². The molecule has 7 heteroatoms. The maximum absolute atomic E-state index is 12.0. The molecule has 3 rings (SSSR count). The van der Waals surface area contributed by atoms with Crippen molar-refractivity contribution >= 4 is 28.7 Å². The molecular formula is C14H13N3O4. The molecule has 1 unspecified atom stereocenters. The number of hydrogen-bond acceptors (Lipinski definition) is 4. The van der Waals surface area contributed by atoms with Crippen LogP contribution in [-0.2, 0) is 16.6 Å². The van der Waals surface area contributed by atoms with Crippen LogP contribution >= 0.6 is 0 Å². The van der Waals surface area contributed by atoms with Crippen molar-refractivity contribution in [2.24, 2.45) is 7.05 Å². The predicted molar refractivity (Wildman–Crippen MR) is 72.8 cm³/mol. The van der Waals surface area contributed by atoms with Crippen molar-refractivity contribution in [3.63, 3.8) is 0 Å². The second-order valence-corrected chi connectivity index (χ2v) is 5.08. The first kappa shape index (κ1) is 13.3. The lowest BCUT2D eigenvalue weighted by Gasteiger charge is -2.22. The van der Waals surface area contributed by atoms with Crippen LogP contribution in [0, 0.1) is 0 Å². The van der Waals surface area contributed by atoms with Crippen molar-refractivity contribution < 1.29 is 19.5 Å². The van der Waals surface area contributed by atoms with Crippen molar-refractivity contribution in [2.45, 2.75) is 18.8 Å². The summed E-state index contributed by atoms with van der Waals surface area (Å²) in [5.74, 6) is -2.28. The molecule has 1 aliphatic heterocycles. The van der Waals surface area contributed by atoms with Gasteiger partial charge in [0.15, 0.2) is 0 Å². The second kappa shape index (κ2) is 4.69. The molecule has 108 valence electrons. The number of aryl methyl sites for hydroxylation is 1. The molecule has 2 N–H and O–H groups in total. The van der Waals surface area contributed by atoms with Gasteiger partial charge in [0, 0.05) is 18.9 Å². The van der Waals surface area contributed by atoms with E-state index in [1.807, 2.05) is 0 Å². The SMILES string of the molecule is Cn1ncc2c(C3CCC(=O)NC3=O)cc(C(=O)O)cc21. The first-order valence-electron chi connectivity index (χ1n) is 6.50. The molecule has 1 atom stereocenters. The summed E-state index contributed by atoms with van der Waals surface area (Å²) in [6.07, 6.45) is 2.23. The first-order chi connectivity index (χ1) is 9.97. The highest BCUT2D eigenvalue weighted by Crippen LogP contribution is 2.32. The minimum atomic E-state index is -1.06. The first-order valence-corrected chi connectivity index (χ1v) is 6.50. The zero-order chi connectivity index (χ0) is 15.1. The van der Waals surface area contributed by atoms with E-state index >= 15 is 0 Å². The van der Waals surface area contributed by atoms with Crippen LogP contribution in [0.4, 0.5) is 0 Å². The van der Waals surface area contributed by atoms with E-state index in [4.69, 9.17) is 0 Å². The number of amides is 2. The average molecular weight is 287 g/mol. The normalized spacial score (nSPS) is 18.8. The zero-order valence-electron chi connectivity index (χ0n) is 11.3. The number of carbonyl (C=O) groups excluding carboxylic acids is 2. The summed E-state index contributed by atoms with van der Waals surface area (Å²) >= 11 is 0. The van der Waals surface area contributed by atoms with Crippen molar-refractivity contribution in [1.29, 1.82) is 0 Å². The van der Waals surface area contributed by atoms with Gasteiger partial charge in [-0.15, -0.1) is 0 Å². The van der Waals surface area contributed by atoms with Crippen molar-refractivity contribution in [3.05, 3.63) is 29.5 Å². The van der Waals surface area contributed by atoms with Crippen molar-refractivity contribution in [3.8, 4) is 0 Å². The Bertz CT molecular complexity index is 778. The third kappa shape index (κ3) is 2.16. The Hall–Kier alpha value is -2.70. The number of rotatable bonds is 2. The summed E-state index contributed by atoms with van der Waals surface area (Å²) in [5, 5.41) is 16.4. The molecule has 0 spiro atoms. The molecule has 0 radical (unpaired) electrons. The zero-order valence-corrected chi connectivity index (χ0v) is 11.3. The highest BCUT2D eigenvalue weighted by Gasteiger charge is 2.30. The van der Waals surface area contributed by atoms with Gasteiger partial charge in [0.05, 0.1) is 23.2 Å². The van der Waals surface area contributed by atoms with Crippen LogP contribution in [0.2, 0.25) is 0 Å².